The van der Waals surface area contributed by atoms with Crippen molar-refractivity contribution in [2.45, 2.75) is 49.3 Å². The molecule has 1 aliphatic rings. The van der Waals surface area contributed by atoms with E-state index in [0.29, 0.717) is 0 Å². The highest BCUT2D eigenvalue weighted by Crippen LogP contribution is 2.36. The molecular weight excluding hydrogens is 250 g/mol. The van der Waals surface area contributed by atoms with Crippen molar-refractivity contribution in [3.05, 3.63) is 28.8 Å². The smallest absolute Gasteiger partial charge is 0.0410 e. The minimum absolute atomic E-state index is 0.816. The van der Waals surface area contributed by atoms with Gasteiger partial charge in [-0.1, -0.05) is 31.4 Å². The maximum absolute atomic E-state index is 6.08. The fraction of sp³-hybridized carbons (Fsp3) is 0.571. The highest BCUT2D eigenvalue weighted by Gasteiger charge is 2.17. The molecule has 1 saturated carbocycles. The van der Waals surface area contributed by atoms with Crippen LogP contribution >= 0.6 is 23.4 Å². The lowest BCUT2D eigenvalue weighted by Crippen LogP contribution is -2.12. The van der Waals surface area contributed by atoms with Gasteiger partial charge in [0.1, 0.15) is 0 Å². The van der Waals surface area contributed by atoms with Crippen LogP contribution in [0.15, 0.2) is 23.1 Å². The number of rotatable bonds is 5. The standard InChI is InChI=1S/C14H20ClNS/c1-2-16-10-11-9-12(15)7-8-14(11)17-13-5-3-4-6-13/h7-9,13,16H,2-6,10H2,1H3. The van der Waals surface area contributed by atoms with E-state index < -0.39 is 0 Å². The van der Waals surface area contributed by atoms with Crippen LogP contribution in [0.4, 0.5) is 0 Å². The van der Waals surface area contributed by atoms with E-state index in [-0.39, 0.29) is 0 Å². The molecule has 0 heterocycles. The van der Waals surface area contributed by atoms with E-state index in [9.17, 15) is 0 Å². The summed E-state index contributed by atoms with van der Waals surface area (Å²) in [5.41, 5.74) is 1.34. The van der Waals surface area contributed by atoms with Crippen LogP contribution in [0.2, 0.25) is 5.02 Å². The molecule has 0 spiro atoms. The van der Waals surface area contributed by atoms with Crippen molar-refractivity contribution in [1.82, 2.24) is 5.32 Å². The molecule has 0 radical (unpaired) electrons. The Morgan fingerprint density at radius 2 is 2.12 bits per heavy atom. The van der Waals surface area contributed by atoms with Crippen molar-refractivity contribution >= 4 is 23.4 Å². The van der Waals surface area contributed by atoms with Gasteiger partial charge in [-0.25, -0.2) is 0 Å². The third-order valence-electron chi connectivity index (χ3n) is 3.18. The Bertz CT molecular complexity index is 361. The number of hydrogen-bond acceptors (Lipinski definition) is 2. The SMILES string of the molecule is CCNCc1cc(Cl)ccc1SC1CCCC1. The molecule has 1 nitrogen and oxygen atoms in total. The average Bonchev–Trinajstić information content (AvgIpc) is 2.82. The molecule has 1 aromatic rings. The number of halogens is 1. The van der Waals surface area contributed by atoms with Crippen molar-refractivity contribution in [2.75, 3.05) is 6.54 Å². The molecule has 0 aromatic heterocycles. The zero-order valence-electron chi connectivity index (χ0n) is 10.3. The van der Waals surface area contributed by atoms with Crippen LogP contribution in [0.25, 0.3) is 0 Å². The molecule has 0 saturated heterocycles. The molecule has 1 aromatic carbocycles. The van der Waals surface area contributed by atoms with Gasteiger partial charge in [-0.2, -0.15) is 0 Å². The zero-order valence-corrected chi connectivity index (χ0v) is 11.9. The fourth-order valence-corrected chi connectivity index (χ4v) is 3.80. The van der Waals surface area contributed by atoms with Crippen LogP contribution < -0.4 is 5.32 Å². The lowest BCUT2D eigenvalue weighted by molar-refractivity contribution is 0.717. The van der Waals surface area contributed by atoms with Gasteiger partial charge in [-0.15, -0.1) is 11.8 Å². The van der Waals surface area contributed by atoms with Crippen LogP contribution in [-0.2, 0) is 6.54 Å². The molecule has 17 heavy (non-hydrogen) atoms. The Kier molecular flexibility index (Phi) is 5.20. The van der Waals surface area contributed by atoms with Gasteiger partial charge in [0.05, 0.1) is 0 Å². The summed E-state index contributed by atoms with van der Waals surface area (Å²) in [6.45, 7) is 4.06. The predicted octanol–water partition coefficient (Wildman–Crippen LogP) is 4.48. The zero-order chi connectivity index (χ0) is 12.1. The number of thioether (sulfide) groups is 1. The third kappa shape index (κ3) is 3.90. The number of nitrogens with one attached hydrogen (secondary N) is 1. The van der Waals surface area contributed by atoms with E-state index in [1.54, 1.807) is 0 Å². The molecule has 1 aliphatic carbocycles. The topological polar surface area (TPSA) is 12.0 Å². The summed E-state index contributed by atoms with van der Waals surface area (Å²) in [5, 5.41) is 5.04. The second-order valence-electron chi connectivity index (χ2n) is 4.56. The summed E-state index contributed by atoms with van der Waals surface area (Å²) in [7, 11) is 0. The van der Waals surface area contributed by atoms with Crippen molar-refractivity contribution in [2.24, 2.45) is 0 Å². The first-order valence-electron chi connectivity index (χ1n) is 6.45. The Morgan fingerprint density at radius 1 is 1.35 bits per heavy atom. The van der Waals surface area contributed by atoms with E-state index in [2.05, 4.69) is 24.4 Å². The fourth-order valence-electron chi connectivity index (χ4n) is 2.25. The summed E-state index contributed by atoms with van der Waals surface area (Å²) in [6, 6.07) is 6.29. The monoisotopic (exact) mass is 269 g/mol. The van der Waals surface area contributed by atoms with Gasteiger partial charge in [0.25, 0.3) is 0 Å². The molecule has 2 rings (SSSR count). The predicted molar refractivity (Wildman–Crippen MR) is 76.9 cm³/mol. The van der Waals surface area contributed by atoms with Crippen LogP contribution in [0.3, 0.4) is 0 Å². The summed E-state index contributed by atoms with van der Waals surface area (Å²) in [4.78, 5) is 1.40. The lowest BCUT2D eigenvalue weighted by Gasteiger charge is -2.14. The lowest BCUT2D eigenvalue weighted by atomic mass is 10.2. The van der Waals surface area contributed by atoms with Crippen LogP contribution in [-0.4, -0.2) is 11.8 Å². The first-order chi connectivity index (χ1) is 8.29. The minimum Gasteiger partial charge on any atom is -0.313 e. The van der Waals surface area contributed by atoms with Crippen molar-refractivity contribution in [1.29, 1.82) is 0 Å². The Balaban J connectivity index is 2.07. The Labute approximate surface area is 113 Å². The van der Waals surface area contributed by atoms with E-state index in [4.69, 9.17) is 11.6 Å². The van der Waals surface area contributed by atoms with Crippen molar-refractivity contribution in [3.8, 4) is 0 Å². The quantitative estimate of drug-likeness (QED) is 0.846. The summed E-state index contributed by atoms with van der Waals surface area (Å²) < 4.78 is 0. The first-order valence-corrected chi connectivity index (χ1v) is 7.71. The Hall–Kier alpha value is -0.180. The maximum Gasteiger partial charge on any atom is 0.0410 e. The molecule has 0 atom stereocenters. The van der Waals surface area contributed by atoms with E-state index in [1.165, 1.54) is 36.1 Å². The van der Waals surface area contributed by atoms with Crippen molar-refractivity contribution < 1.29 is 0 Å². The molecule has 1 N–H and O–H groups in total. The largest absolute Gasteiger partial charge is 0.313 e. The molecule has 0 bridgehead atoms. The van der Waals surface area contributed by atoms with Gasteiger partial charge in [0.2, 0.25) is 0 Å². The summed E-state index contributed by atoms with van der Waals surface area (Å²) in [5.74, 6) is 0. The first kappa shape index (κ1) is 13.3. The van der Waals surface area contributed by atoms with E-state index in [0.717, 1.165) is 23.4 Å². The molecule has 3 heteroatoms. The van der Waals surface area contributed by atoms with Gasteiger partial charge in [-0.05, 0) is 43.1 Å². The second-order valence-corrected chi connectivity index (χ2v) is 6.34. The average molecular weight is 270 g/mol. The molecule has 0 aliphatic heterocycles. The molecule has 1 fully saturated rings. The van der Waals surface area contributed by atoms with Gasteiger partial charge in [-0.3, -0.25) is 0 Å². The number of hydrogen-bond donors (Lipinski definition) is 1. The van der Waals surface area contributed by atoms with Gasteiger partial charge >= 0.3 is 0 Å². The van der Waals surface area contributed by atoms with Crippen molar-refractivity contribution in [3.63, 3.8) is 0 Å². The Morgan fingerprint density at radius 3 is 2.82 bits per heavy atom. The van der Waals surface area contributed by atoms with Gasteiger partial charge in [0, 0.05) is 21.7 Å². The van der Waals surface area contributed by atoms with Crippen LogP contribution in [0.5, 0.6) is 0 Å². The summed E-state index contributed by atoms with van der Waals surface area (Å²) in [6.07, 6.45) is 5.53. The minimum atomic E-state index is 0.816. The second kappa shape index (κ2) is 6.67. The normalized spacial score (nSPS) is 16.6. The highest BCUT2D eigenvalue weighted by atomic mass is 35.5. The third-order valence-corrected chi connectivity index (χ3v) is 4.88. The summed E-state index contributed by atoms with van der Waals surface area (Å²) >= 11 is 8.11. The molecule has 0 unspecified atom stereocenters. The van der Waals surface area contributed by atoms with Gasteiger partial charge in [0.15, 0.2) is 0 Å². The number of benzene rings is 1. The van der Waals surface area contributed by atoms with Crippen LogP contribution in [0, 0.1) is 0 Å². The molecule has 0 amide bonds. The van der Waals surface area contributed by atoms with Gasteiger partial charge < -0.3 is 5.32 Å². The van der Waals surface area contributed by atoms with Crippen LogP contribution in [0.1, 0.15) is 38.2 Å². The highest BCUT2D eigenvalue weighted by molar-refractivity contribution is 8.00. The van der Waals surface area contributed by atoms with E-state index in [1.807, 2.05) is 17.8 Å². The molecular formula is C14H20ClNS. The molecule has 94 valence electrons. The maximum atomic E-state index is 6.08. The van der Waals surface area contributed by atoms with E-state index >= 15 is 0 Å².